The van der Waals surface area contributed by atoms with Crippen molar-refractivity contribution >= 4 is 12.6 Å². The lowest BCUT2D eigenvalue weighted by Crippen LogP contribution is -2.14. The second-order valence-electron chi connectivity index (χ2n) is 1.69. The first-order chi connectivity index (χ1) is 3.35. The van der Waals surface area contributed by atoms with Crippen LogP contribution in [-0.2, 0) is 0 Å². The average Bonchev–Trinajstić information content (AvgIpc) is 1.72. The SMILES string of the molecule is CCC(CN)CS. The molecule has 0 saturated carbocycles. The van der Waals surface area contributed by atoms with Crippen LogP contribution in [0.4, 0.5) is 0 Å². The number of rotatable bonds is 3. The summed E-state index contributed by atoms with van der Waals surface area (Å²) in [5.74, 6) is 1.55. The van der Waals surface area contributed by atoms with Crippen molar-refractivity contribution in [2.75, 3.05) is 12.3 Å². The molecule has 0 aromatic rings. The molecule has 0 aliphatic rings. The van der Waals surface area contributed by atoms with E-state index in [9.17, 15) is 0 Å². The molecule has 1 nitrogen and oxygen atoms in total. The van der Waals surface area contributed by atoms with E-state index in [1.807, 2.05) is 0 Å². The third kappa shape index (κ3) is 2.94. The van der Waals surface area contributed by atoms with Crippen molar-refractivity contribution in [2.24, 2.45) is 11.7 Å². The fourth-order valence-electron chi connectivity index (χ4n) is 0.370. The molecule has 44 valence electrons. The van der Waals surface area contributed by atoms with E-state index in [1.54, 1.807) is 0 Å². The maximum atomic E-state index is 5.34. The summed E-state index contributed by atoms with van der Waals surface area (Å²) in [6.07, 6.45) is 1.15. The maximum Gasteiger partial charge on any atom is -0.00412 e. The van der Waals surface area contributed by atoms with Gasteiger partial charge in [-0.3, -0.25) is 0 Å². The van der Waals surface area contributed by atoms with Gasteiger partial charge in [-0.2, -0.15) is 12.6 Å². The molecule has 0 saturated heterocycles. The molecule has 1 atom stereocenters. The van der Waals surface area contributed by atoms with Crippen LogP contribution >= 0.6 is 12.6 Å². The Morgan fingerprint density at radius 1 is 1.71 bits per heavy atom. The summed E-state index contributed by atoms with van der Waals surface area (Å²) >= 11 is 4.10. The summed E-state index contributed by atoms with van der Waals surface area (Å²) in [7, 11) is 0. The Labute approximate surface area is 50.7 Å². The van der Waals surface area contributed by atoms with Gasteiger partial charge in [0.1, 0.15) is 0 Å². The Kier molecular flexibility index (Phi) is 4.67. The molecule has 7 heavy (non-hydrogen) atoms. The molecule has 0 heterocycles. The van der Waals surface area contributed by atoms with Gasteiger partial charge in [0, 0.05) is 0 Å². The van der Waals surface area contributed by atoms with Crippen molar-refractivity contribution in [1.82, 2.24) is 0 Å². The third-order valence-corrected chi connectivity index (χ3v) is 1.69. The van der Waals surface area contributed by atoms with E-state index in [2.05, 4.69) is 19.6 Å². The smallest absolute Gasteiger partial charge is 0.00412 e. The second-order valence-corrected chi connectivity index (χ2v) is 2.06. The first-order valence-corrected chi connectivity index (χ1v) is 3.29. The van der Waals surface area contributed by atoms with Gasteiger partial charge in [0.15, 0.2) is 0 Å². The fourth-order valence-corrected chi connectivity index (χ4v) is 0.778. The van der Waals surface area contributed by atoms with Crippen LogP contribution in [0, 0.1) is 5.92 Å². The van der Waals surface area contributed by atoms with Crippen LogP contribution in [0.2, 0.25) is 0 Å². The van der Waals surface area contributed by atoms with Crippen LogP contribution in [0.25, 0.3) is 0 Å². The Morgan fingerprint density at radius 3 is 2.29 bits per heavy atom. The zero-order chi connectivity index (χ0) is 5.70. The van der Waals surface area contributed by atoms with Crippen molar-refractivity contribution in [2.45, 2.75) is 13.3 Å². The van der Waals surface area contributed by atoms with E-state index in [-0.39, 0.29) is 0 Å². The van der Waals surface area contributed by atoms with Gasteiger partial charge in [0.05, 0.1) is 0 Å². The summed E-state index contributed by atoms with van der Waals surface area (Å²) in [5, 5.41) is 0. The lowest BCUT2D eigenvalue weighted by Gasteiger charge is -2.04. The highest BCUT2D eigenvalue weighted by Crippen LogP contribution is 1.99. The van der Waals surface area contributed by atoms with Crippen molar-refractivity contribution in [3.05, 3.63) is 0 Å². The van der Waals surface area contributed by atoms with Crippen molar-refractivity contribution < 1.29 is 0 Å². The highest BCUT2D eigenvalue weighted by Gasteiger charge is 1.96. The van der Waals surface area contributed by atoms with E-state index >= 15 is 0 Å². The lowest BCUT2D eigenvalue weighted by molar-refractivity contribution is 0.587. The number of hydrogen-bond acceptors (Lipinski definition) is 2. The normalized spacial score (nSPS) is 14.1. The summed E-state index contributed by atoms with van der Waals surface area (Å²) in [6.45, 7) is 2.91. The largest absolute Gasteiger partial charge is 0.330 e. The average molecular weight is 119 g/mol. The Hall–Kier alpha value is 0.310. The molecule has 2 N–H and O–H groups in total. The zero-order valence-electron chi connectivity index (χ0n) is 4.72. The topological polar surface area (TPSA) is 26.0 Å². The van der Waals surface area contributed by atoms with Gasteiger partial charge >= 0.3 is 0 Å². The minimum absolute atomic E-state index is 0.628. The van der Waals surface area contributed by atoms with Crippen molar-refractivity contribution in [1.29, 1.82) is 0 Å². The van der Waals surface area contributed by atoms with Gasteiger partial charge in [-0.25, -0.2) is 0 Å². The van der Waals surface area contributed by atoms with Crippen LogP contribution in [0.5, 0.6) is 0 Å². The minimum atomic E-state index is 0.628. The zero-order valence-corrected chi connectivity index (χ0v) is 5.62. The Morgan fingerprint density at radius 2 is 2.29 bits per heavy atom. The Bertz CT molecular complexity index is 29.6. The lowest BCUT2D eigenvalue weighted by atomic mass is 10.1. The van der Waals surface area contributed by atoms with Gasteiger partial charge in [0.25, 0.3) is 0 Å². The van der Waals surface area contributed by atoms with Crippen LogP contribution in [0.15, 0.2) is 0 Å². The fraction of sp³-hybridized carbons (Fsp3) is 1.00. The standard InChI is InChI=1S/C5H13NS/c1-2-5(3-6)4-7/h5,7H,2-4,6H2,1H3. The first-order valence-electron chi connectivity index (χ1n) is 2.66. The molecule has 0 amide bonds. The monoisotopic (exact) mass is 119 g/mol. The quantitative estimate of drug-likeness (QED) is 0.530. The first kappa shape index (κ1) is 7.31. The summed E-state index contributed by atoms with van der Waals surface area (Å²) in [4.78, 5) is 0. The van der Waals surface area contributed by atoms with Crippen LogP contribution in [0.1, 0.15) is 13.3 Å². The molecule has 0 bridgehead atoms. The molecule has 0 aliphatic heterocycles. The van der Waals surface area contributed by atoms with E-state index in [0.717, 1.165) is 18.7 Å². The van der Waals surface area contributed by atoms with Crippen LogP contribution in [0.3, 0.4) is 0 Å². The molecule has 0 aliphatic carbocycles. The number of thiol groups is 1. The van der Waals surface area contributed by atoms with E-state index in [4.69, 9.17) is 5.73 Å². The van der Waals surface area contributed by atoms with E-state index < -0.39 is 0 Å². The van der Waals surface area contributed by atoms with Gasteiger partial charge in [-0.05, 0) is 18.2 Å². The summed E-state index contributed by atoms with van der Waals surface area (Å²) in [5.41, 5.74) is 5.34. The number of nitrogens with two attached hydrogens (primary N) is 1. The number of hydrogen-bond donors (Lipinski definition) is 2. The van der Waals surface area contributed by atoms with Gasteiger partial charge in [-0.1, -0.05) is 13.3 Å². The molecule has 2 heteroatoms. The molecule has 0 fully saturated rings. The third-order valence-electron chi connectivity index (χ3n) is 1.17. The van der Waals surface area contributed by atoms with Gasteiger partial charge in [0.2, 0.25) is 0 Å². The van der Waals surface area contributed by atoms with Crippen molar-refractivity contribution in [3.63, 3.8) is 0 Å². The maximum absolute atomic E-state index is 5.34. The predicted octanol–water partition coefficient (Wildman–Crippen LogP) is 0.901. The van der Waals surface area contributed by atoms with Crippen molar-refractivity contribution in [3.8, 4) is 0 Å². The van der Waals surface area contributed by atoms with Gasteiger partial charge in [-0.15, -0.1) is 0 Å². The molecule has 0 spiro atoms. The molecule has 0 aromatic carbocycles. The molecular weight excluding hydrogens is 106 g/mol. The van der Waals surface area contributed by atoms with Crippen LogP contribution in [-0.4, -0.2) is 12.3 Å². The highest BCUT2D eigenvalue weighted by molar-refractivity contribution is 7.80. The minimum Gasteiger partial charge on any atom is -0.330 e. The predicted molar refractivity (Wildman–Crippen MR) is 36.7 cm³/mol. The highest BCUT2D eigenvalue weighted by atomic mass is 32.1. The molecule has 0 aromatic heterocycles. The molecular formula is C5H13NS. The summed E-state index contributed by atoms with van der Waals surface area (Å²) < 4.78 is 0. The molecule has 0 rings (SSSR count). The van der Waals surface area contributed by atoms with Gasteiger partial charge < -0.3 is 5.73 Å². The van der Waals surface area contributed by atoms with E-state index in [1.165, 1.54) is 0 Å². The van der Waals surface area contributed by atoms with Crippen LogP contribution < -0.4 is 5.73 Å². The molecule has 1 unspecified atom stereocenters. The van der Waals surface area contributed by atoms with E-state index in [0.29, 0.717) is 5.92 Å². The second kappa shape index (κ2) is 4.47. The Balaban J connectivity index is 2.99. The molecule has 0 radical (unpaired) electrons. The summed E-state index contributed by atoms with van der Waals surface area (Å²) in [6, 6.07) is 0.